The molecule has 8 aromatic carbocycles. The third-order valence-corrected chi connectivity index (χ3v) is 11.5. The molecule has 0 radical (unpaired) electrons. The highest BCUT2D eigenvalue weighted by Crippen LogP contribution is 2.40. The highest BCUT2D eigenvalue weighted by atomic mass is 15.1. The molecule has 1 fully saturated rings. The maximum Gasteiger partial charge on any atom is 0.0936 e. The van der Waals surface area contributed by atoms with Crippen molar-refractivity contribution >= 4 is 72.1 Å². The first kappa shape index (κ1) is 36.8. The van der Waals surface area contributed by atoms with E-state index in [0.29, 0.717) is 5.92 Å². The average molecular weight is 756 g/mol. The van der Waals surface area contributed by atoms with E-state index < -0.39 is 0 Å². The van der Waals surface area contributed by atoms with Crippen LogP contribution in [-0.2, 0) is 0 Å². The molecule has 0 saturated heterocycles. The van der Waals surface area contributed by atoms with Gasteiger partial charge in [-0.05, 0) is 90.9 Å². The van der Waals surface area contributed by atoms with Crippen LogP contribution in [0, 0.1) is 0 Å². The summed E-state index contributed by atoms with van der Waals surface area (Å²) in [7, 11) is 2.11. The molecule has 1 aliphatic rings. The Balaban J connectivity index is 0.942. The predicted molar refractivity (Wildman–Crippen MR) is 241 cm³/mol. The molecular weight excluding hydrogens is 711 g/mol. The number of rotatable bonds is 10. The van der Waals surface area contributed by atoms with E-state index in [9.17, 15) is 0 Å². The van der Waals surface area contributed by atoms with Gasteiger partial charge in [-0.3, -0.25) is 0 Å². The van der Waals surface area contributed by atoms with Crippen LogP contribution in [0.5, 0.6) is 0 Å². The van der Waals surface area contributed by atoms with Gasteiger partial charge in [0, 0.05) is 51.6 Å². The lowest BCUT2D eigenvalue weighted by molar-refractivity contribution is 0.443. The molecule has 7 nitrogen and oxygen atoms in total. The fraction of sp³-hybridized carbons (Fsp3) is 0.176. The van der Waals surface area contributed by atoms with Crippen LogP contribution < -0.4 is 4.90 Å². The van der Waals surface area contributed by atoms with Crippen molar-refractivity contribution in [3.63, 3.8) is 0 Å². The van der Waals surface area contributed by atoms with Crippen molar-refractivity contribution in [2.75, 3.05) is 18.5 Å². The third kappa shape index (κ3) is 7.63. The van der Waals surface area contributed by atoms with Crippen molar-refractivity contribution in [1.29, 1.82) is 0 Å². The highest BCUT2D eigenvalue weighted by Gasteiger charge is 2.16. The Morgan fingerprint density at radius 1 is 0.414 bits per heavy atom. The van der Waals surface area contributed by atoms with Crippen LogP contribution in [0.4, 0.5) is 39.8 Å². The van der Waals surface area contributed by atoms with E-state index in [1.807, 2.05) is 72.8 Å². The molecule has 9 rings (SSSR count). The fourth-order valence-corrected chi connectivity index (χ4v) is 8.17. The molecular formula is C51H45N7. The molecule has 58 heavy (non-hydrogen) atoms. The summed E-state index contributed by atoms with van der Waals surface area (Å²) in [4.78, 5) is 2.24. The topological polar surface area (TPSA) is 77.4 Å². The van der Waals surface area contributed by atoms with Crippen LogP contribution >= 0.6 is 0 Å². The summed E-state index contributed by atoms with van der Waals surface area (Å²) in [6, 6.07) is 54.1. The minimum Gasteiger partial charge on any atom is -0.374 e. The largest absolute Gasteiger partial charge is 0.374 e. The van der Waals surface area contributed by atoms with Crippen molar-refractivity contribution in [2.24, 2.45) is 30.7 Å². The van der Waals surface area contributed by atoms with Gasteiger partial charge in [0.15, 0.2) is 0 Å². The number of hydrogen-bond donors (Lipinski definition) is 0. The van der Waals surface area contributed by atoms with Gasteiger partial charge >= 0.3 is 0 Å². The summed E-state index contributed by atoms with van der Waals surface area (Å²) in [6.07, 6.45) is 6.71. The van der Waals surface area contributed by atoms with Crippen LogP contribution in [0.15, 0.2) is 188 Å². The van der Waals surface area contributed by atoms with Crippen LogP contribution in [0.1, 0.15) is 50.5 Å². The molecule has 0 atom stereocenters. The van der Waals surface area contributed by atoms with Crippen LogP contribution in [0.25, 0.3) is 43.4 Å². The minimum absolute atomic E-state index is 0.713. The zero-order chi connectivity index (χ0) is 39.3. The molecule has 1 aliphatic carbocycles. The first-order chi connectivity index (χ1) is 28.6. The Bertz CT molecular complexity index is 2820. The quantitative estimate of drug-likeness (QED) is 0.128. The molecule has 8 aromatic rings. The molecule has 0 amide bonds. The minimum atomic E-state index is 0.713. The molecule has 284 valence electrons. The number of benzene rings is 8. The predicted octanol–water partition coefficient (Wildman–Crippen LogP) is 16.6. The molecule has 0 bridgehead atoms. The van der Waals surface area contributed by atoms with Crippen molar-refractivity contribution < 1.29 is 0 Å². The molecule has 0 aliphatic heterocycles. The van der Waals surface area contributed by atoms with Crippen molar-refractivity contribution in [3.05, 3.63) is 163 Å². The zero-order valence-electron chi connectivity index (χ0n) is 33.0. The number of fused-ring (bicyclic) bond motifs is 3. The van der Waals surface area contributed by atoms with Gasteiger partial charge < -0.3 is 4.90 Å². The smallest absolute Gasteiger partial charge is 0.0936 e. The molecule has 0 aromatic heterocycles. The summed E-state index contributed by atoms with van der Waals surface area (Å²) in [6.45, 7) is 3.07. The number of anilines is 1. The summed E-state index contributed by atoms with van der Waals surface area (Å²) < 4.78 is 0. The molecule has 7 heteroatoms. The van der Waals surface area contributed by atoms with Crippen molar-refractivity contribution in [1.82, 2.24) is 0 Å². The zero-order valence-corrected chi connectivity index (χ0v) is 33.0. The lowest BCUT2D eigenvalue weighted by Gasteiger charge is -2.22. The van der Waals surface area contributed by atoms with Gasteiger partial charge in [-0.15, -0.1) is 25.6 Å². The molecule has 1 saturated carbocycles. The lowest BCUT2D eigenvalue weighted by atomic mass is 9.84. The van der Waals surface area contributed by atoms with E-state index >= 15 is 0 Å². The summed E-state index contributed by atoms with van der Waals surface area (Å²) in [5, 5.41) is 34.4. The first-order valence-electron chi connectivity index (χ1n) is 20.3. The van der Waals surface area contributed by atoms with E-state index in [4.69, 9.17) is 20.5 Å². The number of hydrogen-bond acceptors (Lipinski definition) is 7. The molecule has 0 N–H and O–H groups in total. The summed E-state index contributed by atoms with van der Waals surface area (Å²) in [5.74, 6) is 0.713. The van der Waals surface area contributed by atoms with Crippen LogP contribution in [0.3, 0.4) is 0 Å². The molecule has 0 spiro atoms. The SMILES string of the molecule is CCN(C)c1ccc(N=Nc2ccc(N=Nc3ccc(N=Nc4ccc(-c5ccc(C6CCCCC6)cc5)cc4)c4ccccc34)c3ccccc23)c2ccccc12. The second-order valence-electron chi connectivity index (χ2n) is 15.1. The Morgan fingerprint density at radius 3 is 1.24 bits per heavy atom. The summed E-state index contributed by atoms with van der Waals surface area (Å²) >= 11 is 0. The van der Waals surface area contributed by atoms with Crippen LogP contribution in [-0.4, -0.2) is 13.6 Å². The van der Waals surface area contributed by atoms with E-state index in [0.717, 1.165) is 73.0 Å². The van der Waals surface area contributed by atoms with Crippen molar-refractivity contribution in [2.45, 2.75) is 44.9 Å². The van der Waals surface area contributed by atoms with E-state index in [-0.39, 0.29) is 0 Å². The Morgan fingerprint density at radius 2 is 0.793 bits per heavy atom. The first-order valence-corrected chi connectivity index (χ1v) is 20.3. The highest BCUT2D eigenvalue weighted by molar-refractivity contribution is 6.02. The van der Waals surface area contributed by atoms with Gasteiger partial charge in [-0.25, -0.2) is 0 Å². The molecule has 0 heterocycles. The van der Waals surface area contributed by atoms with Gasteiger partial charge in [0.05, 0.1) is 34.1 Å². The van der Waals surface area contributed by atoms with E-state index in [1.165, 1.54) is 54.5 Å². The van der Waals surface area contributed by atoms with Gasteiger partial charge in [-0.2, -0.15) is 5.11 Å². The standard InChI is InChI=1S/C51H45N7/c1-3-58(2)51-34-33-50(44-19-11-12-20-45(44)51)57-56-49-32-31-48(42-17-9-10-18-43(42)49)55-54-47-30-29-46(40-15-7-8-16-41(40)47)53-52-39-27-25-38(26-28-39)37-23-21-36(22-24-37)35-13-5-4-6-14-35/h7-12,15-35H,3-6,13-14H2,1-2H3. The molecule has 0 unspecified atom stereocenters. The second kappa shape index (κ2) is 16.7. The third-order valence-electron chi connectivity index (χ3n) is 11.5. The fourth-order valence-electron chi connectivity index (χ4n) is 8.17. The maximum absolute atomic E-state index is 4.77. The lowest BCUT2D eigenvalue weighted by Crippen LogP contribution is -2.15. The second-order valence-corrected chi connectivity index (χ2v) is 15.1. The van der Waals surface area contributed by atoms with Gasteiger partial charge in [0.1, 0.15) is 0 Å². The average Bonchev–Trinajstić information content (AvgIpc) is 3.30. The number of azo groups is 3. The Hall–Kier alpha value is -6.86. The summed E-state index contributed by atoms with van der Waals surface area (Å²) in [5.41, 5.74) is 9.73. The van der Waals surface area contributed by atoms with Crippen molar-refractivity contribution in [3.8, 4) is 11.1 Å². The number of nitrogens with zero attached hydrogens (tertiary/aromatic N) is 7. The van der Waals surface area contributed by atoms with E-state index in [2.05, 4.69) is 114 Å². The van der Waals surface area contributed by atoms with Gasteiger partial charge in [-0.1, -0.05) is 128 Å². The Kier molecular flexibility index (Phi) is 10.6. The maximum atomic E-state index is 4.77. The Labute approximate surface area is 339 Å². The van der Waals surface area contributed by atoms with E-state index in [1.54, 1.807) is 0 Å². The van der Waals surface area contributed by atoms with Gasteiger partial charge in [0.2, 0.25) is 0 Å². The van der Waals surface area contributed by atoms with Crippen LogP contribution in [0.2, 0.25) is 0 Å². The normalized spacial score (nSPS) is 13.8. The monoisotopic (exact) mass is 755 g/mol. The van der Waals surface area contributed by atoms with Gasteiger partial charge in [0.25, 0.3) is 0 Å².